The number of amides is 1. The van der Waals surface area contributed by atoms with Crippen LogP contribution in [0.2, 0.25) is 0 Å². The zero-order valence-corrected chi connectivity index (χ0v) is 11.0. The fourth-order valence-electron chi connectivity index (χ4n) is 1.51. The number of carbonyl (C=O) groups is 1. The number of nitrogens with one attached hydrogen (secondary N) is 2. The van der Waals surface area contributed by atoms with Gasteiger partial charge in [0.1, 0.15) is 6.07 Å². The molecule has 0 fully saturated rings. The molecular formula is C13H15F2N3O. The average Bonchev–Trinajstić information content (AvgIpc) is 2.39. The highest BCUT2D eigenvalue weighted by molar-refractivity contribution is 5.82. The molecule has 0 aliphatic heterocycles. The second-order valence-electron chi connectivity index (χ2n) is 4.72. The van der Waals surface area contributed by atoms with Gasteiger partial charge in [-0.15, -0.1) is 0 Å². The van der Waals surface area contributed by atoms with Crippen molar-refractivity contribution in [2.24, 2.45) is 5.41 Å². The maximum Gasteiger partial charge on any atom is 0.227 e. The Labute approximate surface area is 110 Å². The monoisotopic (exact) mass is 267 g/mol. The zero-order valence-electron chi connectivity index (χ0n) is 11.0. The van der Waals surface area contributed by atoms with E-state index in [-0.39, 0.29) is 23.7 Å². The minimum Gasteiger partial charge on any atom is -0.382 e. The molecule has 0 atom stereocenters. The van der Waals surface area contributed by atoms with E-state index in [4.69, 9.17) is 5.26 Å². The summed E-state index contributed by atoms with van der Waals surface area (Å²) in [4.78, 5) is 11.5. The van der Waals surface area contributed by atoms with E-state index < -0.39 is 17.0 Å². The number of nitriles is 1. The van der Waals surface area contributed by atoms with Crippen LogP contribution < -0.4 is 10.6 Å². The second-order valence-corrected chi connectivity index (χ2v) is 4.72. The highest BCUT2D eigenvalue weighted by Crippen LogP contribution is 2.22. The molecule has 0 aliphatic rings. The van der Waals surface area contributed by atoms with E-state index in [9.17, 15) is 13.6 Å². The molecule has 4 nitrogen and oxygen atoms in total. The van der Waals surface area contributed by atoms with Crippen molar-refractivity contribution in [3.8, 4) is 6.07 Å². The summed E-state index contributed by atoms with van der Waals surface area (Å²) in [6, 6.07) is 4.02. The molecule has 102 valence electrons. The fourth-order valence-corrected chi connectivity index (χ4v) is 1.51. The molecule has 0 heterocycles. The Morgan fingerprint density at radius 3 is 2.53 bits per heavy atom. The standard InChI is InChI=1S/C13H15F2N3O/c1-13(2,12(19)17-3)7-18-9-5-4-8(6-16)10(14)11(9)15/h4-5,18H,7H2,1-3H3,(H,17,19). The lowest BCUT2D eigenvalue weighted by molar-refractivity contribution is -0.128. The van der Waals surface area contributed by atoms with E-state index in [2.05, 4.69) is 10.6 Å². The van der Waals surface area contributed by atoms with Gasteiger partial charge in [-0.2, -0.15) is 5.26 Å². The fraction of sp³-hybridized carbons (Fsp3) is 0.385. The van der Waals surface area contributed by atoms with Gasteiger partial charge in [0.05, 0.1) is 16.7 Å². The van der Waals surface area contributed by atoms with Gasteiger partial charge in [-0.25, -0.2) is 8.78 Å². The SMILES string of the molecule is CNC(=O)C(C)(C)CNc1ccc(C#N)c(F)c1F. The Hall–Kier alpha value is -2.16. The van der Waals surface area contributed by atoms with Crippen molar-refractivity contribution in [3.63, 3.8) is 0 Å². The van der Waals surface area contributed by atoms with Gasteiger partial charge < -0.3 is 10.6 Å². The molecule has 0 aromatic heterocycles. The largest absolute Gasteiger partial charge is 0.382 e. The number of rotatable bonds is 4. The van der Waals surface area contributed by atoms with E-state index in [1.165, 1.54) is 19.2 Å². The highest BCUT2D eigenvalue weighted by Gasteiger charge is 2.27. The maximum absolute atomic E-state index is 13.6. The normalized spacial score (nSPS) is 10.7. The van der Waals surface area contributed by atoms with Gasteiger partial charge in [0.15, 0.2) is 11.6 Å². The Morgan fingerprint density at radius 1 is 1.37 bits per heavy atom. The summed E-state index contributed by atoms with van der Waals surface area (Å²) in [6.07, 6.45) is 0. The van der Waals surface area contributed by atoms with Gasteiger partial charge in [0, 0.05) is 13.6 Å². The van der Waals surface area contributed by atoms with Gasteiger partial charge in [0.2, 0.25) is 5.91 Å². The molecule has 19 heavy (non-hydrogen) atoms. The molecule has 1 aromatic carbocycles. The van der Waals surface area contributed by atoms with E-state index in [1.54, 1.807) is 19.9 Å². The third kappa shape index (κ3) is 3.19. The number of hydrogen-bond acceptors (Lipinski definition) is 3. The predicted molar refractivity (Wildman–Crippen MR) is 67.4 cm³/mol. The Kier molecular flexibility index (Phi) is 4.43. The van der Waals surface area contributed by atoms with Crippen LogP contribution in [-0.4, -0.2) is 19.5 Å². The van der Waals surface area contributed by atoms with E-state index in [1.807, 2.05) is 0 Å². The van der Waals surface area contributed by atoms with E-state index in [0.717, 1.165) is 0 Å². The van der Waals surface area contributed by atoms with Gasteiger partial charge in [-0.1, -0.05) is 0 Å². The first-order valence-electron chi connectivity index (χ1n) is 5.67. The number of hydrogen-bond donors (Lipinski definition) is 2. The predicted octanol–water partition coefficient (Wildman–Crippen LogP) is 2.02. The van der Waals surface area contributed by atoms with Gasteiger partial charge >= 0.3 is 0 Å². The quantitative estimate of drug-likeness (QED) is 0.877. The molecule has 1 aromatic rings. The number of halogens is 2. The van der Waals surface area contributed by atoms with Crippen molar-refractivity contribution in [3.05, 3.63) is 29.3 Å². The van der Waals surface area contributed by atoms with Crippen molar-refractivity contribution in [2.75, 3.05) is 18.9 Å². The molecule has 0 saturated carbocycles. The van der Waals surface area contributed by atoms with Crippen molar-refractivity contribution in [2.45, 2.75) is 13.8 Å². The highest BCUT2D eigenvalue weighted by atomic mass is 19.2. The summed E-state index contributed by atoms with van der Waals surface area (Å²) in [5, 5.41) is 13.7. The molecule has 1 rings (SSSR count). The van der Waals surface area contributed by atoms with Crippen LogP contribution >= 0.6 is 0 Å². The first-order valence-corrected chi connectivity index (χ1v) is 5.67. The Morgan fingerprint density at radius 2 is 2.00 bits per heavy atom. The van der Waals surface area contributed by atoms with Crippen molar-refractivity contribution >= 4 is 11.6 Å². The average molecular weight is 267 g/mol. The molecule has 6 heteroatoms. The summed E-state index contributed by atoms with van der Waals surface area (Å²) >= 11 is 0. The van der Waals surface area contributed by atoms with Crippen LogP contribution in [0.25, 0.3) is 0 Å². The first-order chi connectivity index (χ1) is 8.83. The van der Waals surface area contributed by atoms with Crippen LogP contribution in [-0.2, 0) is 4.79 Å². The Balaban J connectivity index is 2.88. The summed E-state index contributed by atoms with van der Waals surface area (Å²) in [5.41, 5.74) is -1.20. The van der Waals surface area contributed by atoms with Crippen LogP contribution in [0.5, 0.6) is 0 Å². The smallest absolute Gasteiger partial charge is 0.227 e. The van der Waals surface area contributed by atoms with Crippen LogP contribution in [0.3, 0.4) is 0 Å². The molecule has 0 unspecified atom stereocenters. The number of anilines is 1. The molecule has 0 spiro atoms. The minimum atomic E-state index is -1.19. The van der Waals surface area contributed by atoms with Crippen LogP contribution in [0.1, 0.15) is 19.4 Å². The summed E-state index contributed by atoms with van der Waals surface area (Å²) < 4.78 is 27.0. The van der Waals surface area contributed by atoms with Crippen LogP contribution in [0.4, 0.5) is 14.5 Å². The number of carbonyl (C=O) groups excluding carboxylic acids is 1. The van der Waals surface area contributed by atoms with E-state index in [0.29, 0.717) is 0 Å². The molecular weight excluding hydrogens is 252 g/mol. The second kappa shape index (κ2) is 5.65. The van der Waals surface area contributed by atoms with Crippen molar-refractivity contribution in [1.82, 2.24) is 5.32 Å². The van der Waals surface area contributed by atoms with Gasteiger partial charge in [-0.05, 0) is 26.0 Å². The summed E-state index contributed by atoms with van der Waals surface area (Å²) in [6.45, 7) is 3.49. The van der Waals surface area contributed by atoms with E-state index >= 15 is 0 Å². The third-order valence-corrected chi connectivity index (χ3v) is 2.77. The Bertz CT molecular complexity index is 535. The molecule has 0 bridgehead atoms. The lowest BCUT2D eigenvalue weighted by Crippen LogP contribution is -2.39. The molecule has 0 saturated heterocycles. The topological polar surface area (TPSA) is 64.9 Å². The third-order valence-electron chi connectivity index (χ3n) is 2.77. The summed E-state index contributed by atoms with van der Waals surface area (Å²) in [5.74, 6) is -2.52. The van der Waals surface area contributed by atoms with Gasteiger partial charge in [0.25, 0.3) is 0 Å². The first kappa shape index (κ1) is 14.9. The molecule has 1 amide bonds. The van der Waals surface area contributed by atoms with Gasteiger partial charge in [-0.3, -0.25) is 4.79 Å². The lowest BCUT2D eigenvalue weighted by Gasteiger charge is -2.23. The van der Waals surface area contributed by atoms with Crippen LogP contribution in [0.15, 0.2) is 12.1 Å². The molecule has 0 aliphatic carbocycles. The maximum atomic E-state index is 13.6. The number of benzene rings is 1. The minimum absolute atomic E-state index is 0.0755. The summed E-state index contributed by atoms with van der Waals surface area (Å²) in [7, 11) is 1.51. The molecule has 0 radical (unpaired) electrons. The molecule has 2 N–H and O–H groups in total. The lowest BCUT2D eigenvalue weighted by atomic mass is 9.92. The van der Waals surface area contributed by atoms with Crippen LogP contribution in [0, 0.1) is 28.4 Å². The van der Waals surface area contributed by atoms with Crippen molar-refractivity contribution in [1.29, 1.82) is 5.26 Å². The number of nitrogens with zero attached hydrogens (tertiary/aromatic N) is 1. The zero-order chi connectivity index (χ0) is 14.6. The van der Waals surface area contributed by atoms with Crippen molar-refractivity contribution < 1.29 is 13.6 Å².